The van der Waals surface area contributed by atoms with Crippen molar-refractivity contribution in [1.82, 2.24) is 15.5 Å². The van der Waals surface area contributed by atoms with Gasteiger partial charge in [0.25, 0.3) is 5.89 Å². The molecule has 1 aliphatic carbocycles. The summed E-state index contributed by atoms with van der Waals surface area (Å²) in [5.74, 6) is 2.07. The van der Waals surface area contributed by atoms with Crippen LogP contribution < -0.4 is 5.32 Å². The van der Waals surface area contributed by atoms with Gasteiger partial charge in [-0.25, -0.2) is 0 Å². The molecular formula is C11H17N3O2. The largest absolute Gasteiger partial charge is 0.368 e. The summed E-state index contributed by atoms with van der Waals surface area (Å²) in [5, 5.41) is 7.38. The minimum atomic E-state index is -0.356. The van der Waals surface area contributed by atoms with Gasteiger partial charge in [-0.3, -0.25) is 0 Å². The third-order valence-electron chi connectivity index (χ3n) is 3.58. The molecule has 0 amide bonds. The number of rotatable bonds is 3. The van der Waals surface area contributed by atoms with E-state index >= 15 is 0 Å². The maximum atomic E-state index is 5.64. The molecule has 5 heteroatoms. The smallest absolute Gasteiger partial charge is 0.258 e. The number of hydrogen-bond acceptors (Lipinski definition) is 5. The third kappa shape index (κ3) is 1.64. The Labute approximate surface area is 94.6 Å². The molecule has 0 aromatic carbocycles. The molecule has 2 aliphatic rings. The number of aromatic nitrogens is 2. The monoisotopic (exact) mass is 223 g/mol. The van der Waals surface area contributed by atoms with Gasteiger partial charge in [0, 0.05) is 13.0 Å². The van der Waals surface area contributed by atoms with E-state index in [1.54, 1.807) is 7.11 Å². The van der Waals surface area contributed by atoms with Gasteiger partial charge in [0.15, 0.2) is 5.82 Å². The molecule has 1 aliphatic heterocycles. The lowest BCUT2D eigenvalue weighted by Gasteiger charge is -2.32. The quantitative estimate of drug-likeness (QED) is 0.833. The van der Waals surface area contributed by atoms with Gasteiger partial charge in [-0.05, 0) is 38.8 Å². The first-order valence-electron chi connectivity index (χ1n) is 5.94. The minimum absolute atomic E-state index is 0.356. The first-order chi connectivity index (χ1) is 7.84. The Morgan fingerprint density at radius 1 is 1.38 bits per heavy atom. The molecule has 2 fully saturated rings. The zero-order valence-electron chi connectivity index (χ0n) is 9.53. The van der Waals surface area contributed by atoms with Crippen molar-refractivity contribution in [1.29, 1.82) is 0 Å². The van der Waals surface area contributed by atoms with Gasteiger partial charge in [-0.2, -0.15) is 4.98 Å². The van der Waals surface area contributed by atoms with E-state index in [0.717, 1.165) is 31.8 Å². The summed E-state index contributed by atoms with van der Waals surface area (Å²) >= 11 is 0. The van der Waals surface area contributed by atoms with Crippen LogP contribution in [0.1, 0.15) is 43.3 Å². The van der Waals surface area contributed by atoms with Crippen molar-refractivity contribution in [2.24, 2.45) is 0 Å². The van der Waals surface area contributed by atoms with Crippen LogP contribution in [0, 0.1) is 0 Å². The zero-order valence-corrected chi connectivity index (χ0v) is 9.53. The first-order valence-corrected chi connectivity index (χ1v) is 5.94. The van der Waals surface area contributed by atoms with Crippen LogP contribution in [-0.4, -0.2) is 30.3 Å². The standard InChI is InChI=1S/C11H17N3O2/c1-15-11(4-6-12-7-5-11)10-13-9(14-16-10)8-2-3-8/h8,12H,2-7H2,1H3. The lowest BCUT2D eigenvalue weighted by atomic mass is 9.92. The highest BCUT2D eigenvalue weighted by atomic mass is 16.5. The Hall–Kier alpha value is -0.940. The number of nitrogens with zero attached hydrogens (tertiary/aromatic N) is 2. The molecule has 1 aromatic rings. The lowest BCUT2D eigenvalue weighted by Crippen LogP contribution is -2.41. The van der Waals surface area contributed by atoms with Crippen molar-refractivity contribution < 1.29 is 9.26 Å². The topological polar surface area (TPSA) is 60.2 Å². The fourth-order valence-corrected chi connectivity index (χ4v) is 2.26. The molecule has 1 N–H and O–H groups in total. The van der Waals surface area contributed by atoms with Crippen LogP contribution in [0.5, 0.6) is 0 Å². The summed E-state index contributed by atoms with van der Waals surface area (Å²) in [6.07, 6.45) is 4.19. The summed E-state index contributed by atoms with van der Waals surface area (Å²) < 4.78 is 11.0. The zero-order chi connectivity index (χ0) is 11.0. The number of hydrogen-bond donors (Lipinski definition) is 1. The molecule has 5 nitrogen and oxygen atoms in total. The molecule has 1 aromatic heterocycles. The summed E-state index contributed by atoms with van der Waals surface area (Å²) in [7, 11) is 1.73. The first kappa shape index (κ1) is 10.2. The Morgan fingerprint density at radius 2 is 2.12 bits per heavy atom. The van der Waals surface area contributed by atoms with E-state index in [9.17, 15) is 0 Å². The summed E-state index contributed by atoms with van der Waals surface area (Å²) in [5.41, 5.74) is -0.356. The molecular weight excluding hydrogens is 206 g/mol. The molecule has 16 heavy (non-hydrogen) atoms. The van der Waals surface area contributed by atoms with Gasteiger partial charge in [0.1, 0.15) is 5.60 Å². The second-order valence-corrected chi connectivity index (χ2v) is 4.68. The number of nitrogens with one attached hydrogen (secondary N) is 1. The molecule has 0 bridgehead atoms. The number of ether oxygens (including phenoxy) is 1. The predicted octanol–water partition coefficient (Wildman–Crippen LogP) is 1.17. The molecule has 0 unspecified atom stereocenters. The maximum absolute atomic E-state index is 5.64. The molecule has 0 atom stereocenters. The van der Waals surface area contributed by atoms with Gasteiger partial charge in [0.05, 0.1) is 0 Å². The summed E-state index contributed by atoms with van der Waals surface area (Å²) in [4.78, 5) is 4.51. The molecule has 0 spiro atoms. The second-order valence-electron chi connectivity index (χ2n) is 4.68. The summed E-state index contributed by atoms with van der Waals surface area (Å²) in [6.45, 7) is 1.88. The predicted molar refractivity (Wildman–Crippen MR) is 57.1 cm³/mol. The van der Waals surface area contributed by atoms with Crippen LogP contribution in [0.3, 0.4) is 0 Å². The van der Waals surface area contributed by atoms with Crippen LogP contribution in [0.4, 0.5) is 0 Å². The molecule has 3 rings (SSSR count). The third-order valence-corrected chi connectivity index (χ3v) is 3.58. The van der Waals surface area contributed by atoms with Gasteiger partial charge in [-0.1, -0.05) is 5.16 Å². The normalized spacial score (nSPS) is 24.6. The fourth-order valence-electron chi connectivity index (χ4n) is 2.26. The lowest BCUT2D eigenvalue weighted by molar-refractivity contribution is -0.0622. The average Bonchev–Trinajstić information content (AvgIpc) is 3.08. The number of piperidine rings is 1. The van der Waals surface area contributed by atoms with E-state index in [4.69, 9.17) is 9.26 Å². The molecule has 1 saturated carbocycles. The molecule has 0 radical (unpaired) electrons. The van der Waals surface area contributed by atoms with Crippen molar-refractivity contribution in [3.05, 3.63) is 11.7 Å². The highest BCUT2D eigenvalue weighted by molar-refractivity contribution is 5.08. The fraction of sp³-hybridized carbons (Fsp3) is 0.818. The van der Waals surface area contributed by atoms with Crippen molar-refractivity contribution in [2.75, 3.05) is 20.2 Å². The van der Waals surface area contributed by atoms with Gasteiger partial charge >= 0.3 is 0 Å². The second kappa shape index (κ2) is 3.82. The van der Waals surface area contributed by atoms with E-state index in [2.05, 4.69) is 15.5 Å². The Kier molecular flexibility index (Phi) is 2.44. The minimum Gasteiger partial charge on any atom is -0.368 e. The summed E-state index contributed by atoms with van der Waals surface area (Å²) in [6, 6.07) is 0. The van der Waals surface area contributed by atoms with Crippen molar-refractivity contribution >= 4 is 0 Å². The van der Waals surface area contributed by atoms with Crippen LogP contribution in [0.15, 0.2) is 4.52 Å². The Morgan fingerprint density at radius 3 is 2.75 bits per heavy atom. The SMILES string of the molecule is COC1(c2nc(C3CC3)no2)CCNCC1. The van der Waals surface area contributed by atoms with Gasteiger partial charge in [-0.15, -0.1) is 0 Å². The van der Waals surface area contributed by atoms with Gasteiger partial charge in [0.2, 0.25) is 0 Å². The van der Waals surface area contributed by atoms with Crippen LogP contribution in [0.25, 0.3) is 0 Å². The molecule has 2 heterocycles. The Bertz CT molecular complexity index is 367. The highest BCUT2D eigenvalue weighted by Gasteiger charge is 2.40. The molecule has 88 valence electrons. The van der Waals surface area contributed by atoms with Crippen molar-refractivity contribution in [3.63, 3.8) is 0 Å². The van der Waals surface area contributed by atoms with Crippen LogP contribution in [-0.2, 0) is 10.3 Å². The van der Waals surface area contributed by atoms with E-state index in [-0.39, 0.29) is 5.60 Å². The van der Waals surface area contributed by atoms with Crippen LogP contribution in [0.2, 0.25) is 0 Å². The van der Waals surface area contributed by atoms with Crippen molar-refractivity contribution in [3.8, 4) is 0 Å². The molecule has 1 saturated heterocycles. The van der Waals surface area contributed by atoms with Crippen molar-refractivity contribution in [2.45, 2.75) is 37.2 Å². The highest BCUT2D eigenvalue weighted by Crippen LogP contribution is 2.40. The van der Waals surface area contributed by atoms with E-state index < -0.39 is 0 Å². The van der Waals surface area contributed by atoms with Crippen LogP contribution >= 0.6 is 0 Å². The van der Waals surface area contributed by atoms with E-state index in [1.807, 2.05) is 0 Å². The van der Waals surface area contributed by atoms with E-state index in [0.29, 0.717) is 11.8 Å². The van der Waals surface area contributed by atoms with E-state index in [1.165, 1.54) is 12.8 Å². The maximum Gasteiger partial charge on any atom is 0.258 e. The van der Waals surface area contributed by atoms with Gasteiger partial charge < -0.3 is 14.6 Å². The number of methoxy groups -OCH3 is 1. The Balaban J connectivity index is 1.86. The average molecular weight is 223 g/mol.